The summed E-state index contributed by atoms with van der Waals surface area (Å²) >= 11 is 0. The highest BCUT2D eigenvalue weighted by molar-refractivity contribution is 7.91. The number of ketones is 1. The first-order valence-electron chi connectivity index (χ1n) is 11.1. The van der Waals surface area contributed by atoms with Crippen molar-refractivity contribution < 1.29 is 17.6 Å². The van der Waals surface area contributed by atoms with Gasteiger partial charge in [0.25, 0.3) is 0 Å². The highest BCUT2D eigenvalue weighted by Gasteiger charge is 2.42. The van der Waals surface area contributed by atoms with E-state index in [0.717, 1.165) is 19.3 Å². The number of hydrogen-bond donors (Lipinski definition) is 1. The maximum Gasteiger partial charge on any atom is 0.178 e. The van der Waals surface area contributed by atoms with E-state index in [1.807, 2.05) is 0 Å². The summed E-state index contributed by atoms with van der Waals surface area (Å²) in [5, 5.41) is 12.9. The zero-order valence-corrected chi connectivity index (χ0v) is 18.9. The first-order chi connectivity index (χ1) is 15.3. The van der Waals surface area contributed by atoms with Gasteiger partial charge in [-0.1, -0.05) is 31.2 Å². The van der Waals surface area contributed by atoms with E-state index in [9.17, 15) is 22.9 Å². The number of Topliss-reactive ketones (excluding diaryl/α,β-unsaturated/α-hetero) is 1. The molecule has 1 aliphatic heterocycles. The Hall–Kier alpha value is -2.56. The molecule has 0 spiro atoms. The van der Waals surface area contributed by atoms with Gasteiger partial charge < -0.3 is 5.32 Å². The van der Waals surface area contributed by atoms with Crippen molar-refractivity contribution in [1.29, 1.82) is 5.26 Å². The third-order valence-corrected chi connectivity index (χ3v) is 8.53. The van der Waals surface area contributed by atoms with Crippen molar-refractivity contribution in [3.05, 3.63) is 53.8 Å². The minimum Gasteiger partial charge on any atom is -0.304 e. The van der Waals surface area contributed by atoms with E-state index in [0.29, 0.717) is 28.7 Å². The van der Waals surface area contributed by atoms with Crippen LogP contribution < -0.4 is 5.32 Å². The van der Waals surface area contributed by atoms with Gasteiger partial charge in [0.2, 0.25) is 0 Å². The highest BCUT2D eigenvalue weighted by Crippen LogP contribution is 2.36. The topological polar surface area (TPSA) is 87.0 Å². The van der Waals surface area contributed by atoms with E-state index in [1.165, 1.54) is 18.2 Å². The molecule has 2 bridgehead atoms. The molecular weight excluding hydrogens is 427 g/mol. The number of piperidine rings is 1. The van der Waals surface area contributed by atoms with E-state index in [2.05, 4.69) is 11.4 Å². The molecule has 2 aliphatic rings. The van der Waals surface area contributed by atoms with E-state index >= 15 is 0 Å². The number of hydrogen-bond acceptors (Lipinski definition) is 5. The fourth-order valence-corrected chi connectivity index (χ4v) is 5.81. The minimum atomic E-state index is -3.28. The molecule has 0 amide bonds. The molecule has 2 fully saturated rings. The Kier molecular flexibility index (Phi) is 6.45. The molecular formula is C25H27FN2O3S. The summed E-state index contributed by atoms with van der Waals surface area (Å²) in [5.41, 5.74) is 1.74. The van der Waals surface area contributed by atoms with E-state index < -0.39 is 21.6 Å². The van der Waals surface area contributed by atoms with Crippen molar-refractivity contribution in [1.82, 2.24) is 5.32 Å². The number of halogens is 1. The highest BCUT2D eigenvalue weighted by atomic mass is 32.2. The molecule has 1 unspecified atom stereocenters. The van der Waals surface area contributed by atoms with Crippen molar-refractivity contribution in [2.75, 3.05) is 5.75 Å². The molecule has 1 saturated carbocycles. The predicted molar refractivity (Wildman–Crippen MR) is 120 cm³/mol. The summed E-state index contributed by atoms with van der Waals surface area (Å²) in [5.74, 6) is -0.540. The van der Waals surface area contributed by atoms with Crippen LogP contribution in [0.25, 0.3) is 11.1 Å². The fraction of sp³-hybridized carbons (Fsp3) is 0.440. The Balaban J connectivity index is 1.43. The van der Waals surface area contributed by atoms with Crippen molar-refractivity contribution in [3.8, 4) is 17.2 Å². The first kappa shape index (κ1) is 22.6. The van der Waals surface area contributed by atoms with Gasteiger partial charge in [-0.3, -0.25) is 4.79 Å². The Labute approximate surface area is 188 Å². The molecule has 0 radical (unpaired) electrons. The van der Waals surface area contributed by atoms with E-state index in [-0.39, 0.29) is 35.3 Å². The smallest absolute Gasteiger partial charge is 0.178 e. The summed E-state index contributed by atoms with van der Waals surface area (Å²) < 4.78 is 38.7. The van der Waals surface area contributed by atoms with Gasteiger partial charge in [0.15, 0.2) is 15.6 Å². The molecule has 0 aromatic heterocycles. The van der Waals surface area contributed by atoms with Gasteiger partial charge in [0.1, 0.15) is 5.82 Å². The monoisotopic (exact) mass is 454 g/mol. The summed E-state index contributed by atoms with van der Waals surface area (Å²) in [6.45, 7) is 1.59. The van der Waals surface area contributed by atoms with Crippen molar-refractivity contribution in [2.45, 2.75) is 56.0 Å². The molecule has 1 saturated heterocycles. The van der Waals surface area contributed by atoms with Crippen LogP contribution in [0.1, 0.15) is 38.2 Å². The Bertz CT molecular complexity index is 1150. The second-order valence-corrected chi connectivity index (χ2v) is 11.1. The Morgan fingerprint density at radius 1 is 1.19 bits per heavy atom. The number of benzene rings is 2. The average Bonchev–Trinajstić information content (AvgIpc) is 3.44. The molecule has 2 aromatic carbocycles. The normalized spacial score (nSPS) is 23.1. The molecule has 2 aromatic rings. The van der Waals surface area contributed by atoms with Gasteiger partial charge >= 0.3 is 0 Å². The van der Waals surface area contributed by atoms with Crippen LogP contribution in [0.5, 0.6) is 0 Å². The molecule has 7 heteroatoms. The molecule has 32 heavy (non-hydrogen) atoms. The molecule has 1 heterocycles. The van der Waals surface area contributed by atoms with Gasteiger partial charge in [0.05, 0.1) is 28.7 Å². The van der Waals surface area contributed by atoms with Gasteiger partial charge in [-0.15, -0.1) is 0 Å². The number of nitrogens with one attached hydrogen (secondary N) is 1. The van der Waals surface area contributed by atoms with Gasteiger partial charge in [-0.05, 0) is 66.5 Å². The second kappa shape index (κ2) is 9.13. The number of rotatable bonds is 8. The number of sulfone groups is 1. The van der Waals surface area contributed by atoms with Crippen LogP contribution in [0.4, 0.5) is 4.39 Å². The maximum absolute atomic E-state index is 14.8. The van der Waals surface area contributed by atoms with Crippen molar-refractivity contribution in [2.24, 2.45) is 11.8 Å². The van der Waals surface area contributed by atoms with Crippen LogP contribution in [0.2, 0.25) is 0 Å². The van der Waals surface area contributed by atoms with Gasteiger partial charge in [-0.2, -0.15) is 5.26 Å². The average molecular weight is 455 g/mol. The lowest BCUT2D eigenvalue weighted by Gasteiger charge is -2.22. The van der Waals surface area contributed by atoms with Crippen LogP contribution in [0.3, 0.4) is 0 Å². The van der Waals surface area contributed by atoms with Crippen LogP contribution >= 0.6 is 0 Å². The predicted octanol–water partition coefficient (Wildman–Crippen LogP) is 4.07. The van der Waals surface area contributed by atoms with Crippen LogP contribution in [-0.4, -0.2) is 32.0 Å². The zero-order chi connectivity index (χ0) is 22.9. The van der Waals surface area contributed by atoms with E-state index in [4.69, 9.17) is 0 Å². The quantitative estimate of drug-likeness (QED) is 0.650. The number of carbonyl (C=O) groups is 1. The lowest BCUT2D eigenvalue weighted by atomic mass is 9.88. The van der Waals surface area contributed by atoms with Gasteiger partial charge in [-0.25, -0.2) is 12.8 Å². The van der Waals surface area contributed by atoms with Crippen molar-refractivity contribution >= 4 is 15.6 Å². The third-order valence-electron chi connectivity index (χ3n) is 6.78. The third kappa shape index (κ3) is 4.62. The standard InChI is InChI=1S/C25H27FN2O3S/c1-2-32(30,31)22-9-6-17(7-10-22)18-3-4-19(23(26)14-18)11-16(15-27)12-24(29)25-20-5-8-21(13-20)28-25/h3-4,6-7,9-10,14,16,20-21,25,28H,2,5,8,11-13H2,1H3/t16?,20-,21+,25-/m0/s1. The summed E-state index contributed by atoms with van der Waals surface area (Å²) in [6, 6.07) is 13.6. The summed E-state index contributed by atoms with van der Waals surface area (Å²) in [4.78, 5) is 12.9. The summed E-state index contributed by atoms with van der Waals surface area (Å²) in [7, 11) is -3.28. The first-order valence-corrected chi connectivity index (χ1v) is 12.8. The minimum absolute atomic E-state index is 0.0241. The molecule has 1 N–H and O–H groups in total. The number of carbonyl (C=O) groups excluding carboxylic acids is 1. The number of nitrogens with zero attached hydrogens (tertiary/aromatic N) is 1. The fourth-order valence-electron chi connectivity index (χ4n) is 4.93. The van der Waals surface area contributed by atoms with E-state index in [1.54, 1.807) is 31.2 Å². The maximum atomic E-state index is 14.8. The number of fused-ring (bicyclic) bond motifs is 2. The van der Waals surface area contributed by atoms with Gasteiger partial charge in [0, 0.05) is 12.5 Å². The zero-order valence-electron chi connectivity index (χ0n) is 18.1. The molecule has 4 atom stereocenters. The Morgan fingerprint density at radius 2 is 1.91 bits per heavy atom. The lowest BCUT2D eigenvalue weighted by Crippen LogP contribution is -2.42. The van der Waals surface area contributed by atoms with Crippen LogP contribution in [0.15, 0.2) is 47.4 Å². The van der Waals surface area contributed by atoms with Crippen LogP contribution in [0, 0.1) is 29.0 Å². The van der Waals surface area contributed by atoms with Crippen molar-refractivity contribution in [3.63, 3.8) is 0 Å². The van der Waals surface area contributed by atoms with Crippen LogP contribution in [-0.2, 0) is 21.1 Å². The number of nitriles is 1. The largest absolute Gasteiger partial charge is 0.304 e. The molecule has 1 aliphatic carbocycles. The second-order valence-electron chi connectivity index (χ2n) is 8.85. The lowest BCUT2D eigenvalue weighted by molar-refractivity contribution is -0.122. The summed E-state index contributed by atoms with van der Waals surface area (Å²) in [6.07, 6.45) is 3.53. The molecule has 5 nitrogen and oxygen atoms in total. The Morgan fingerprint density at radius 3 is 2.47 bits per heavy atom. The molecule has 4 rings (SSSR count). The molecule has 168 valence electrons. The SMILES string of the molecule is CCS(=O)(=O)c1ccc(-c2ccc(CC(C#N)CC(=O)[C@H]3N[C@@H]4CC[C@H]3C4)c(F)c2)cc1.